The predicted molar refractivity (Wildman–Crippen MR) is 75.3 cm³/mol. The zero-order valence-corrected chi connectivity index (χ0v) is 11.9. The summed E-state index contributed by atoms with van der Waals surface area (Å²) in [6, 6.07) is 3.89. The number of ether oxygens (including phenoxy) is 2. The Hall–Kier alpha value is -1.32. The fourth-order valence-corrected chi connectivity index (χ4v) is 2.43. The first-order valence-corrected chi connectivity index (χ1v) is 6.74. The van der Waals surface area contributed by atoms with Crippen LogP contribution in [-0.2, 0) is 20.7 Å². The largest absolute Gasteiger partial charge is 0.463 e. The lowest BCUT2D eigenvalue weighted by atomic mass is 9.94. The van der Waals surface area contributed by atoms with Crippen molar-refractivity contribution in [3.63, 3.8) is 0 Å². The number of rotatable bonds is 2. The highest BCUT2D eigenvalue weighted by molar-refractivity contribution is 6.31. The summed E-state index contributed by atoms with van der Waals surface area (Å²) in [5.41, 5.74) is 4.01. The van der Waals surface area contributed by atoms with Crippen molar-refractivity contribution in [3.05, 3.63) is 39.9 Å². The minimum absolute atomic E-state index is 0.340. The summed E-state index contributed by atoms with van der Waals surface area (Å²) in [6.45, 7) is 5.17. The summed E-state index contributed by atoms with van der Waals surface area (Å²) in [5.74, 6) is -0.340. The molecule has 1 aromatic carbocycles. The molecule has 0 N–H and O–H groups in total. The molecular formula is C15H17ClO3. The van der Waals surface area contributed by atoms with Crippen molar-refractivity contribution in [2.45, 2.75) is 20.3 Å². The summed E-state index contributed by atoms with van der Waals surface area (Å²) in [7, 11) is 0. The zero-order valence-electron chi connectivity index (χ0n) is 11.2. The van der Waals surface area contributed by atoms with Gasteiger partial charge in [-0.15, -0.1) is 0 Å². The molecule has 1 heterocycles. The van der Waals surface area contributed by atoms with Gasteiger partial charge in [0.05, 0.1) is 19.8 Å². The van der Waals surface area contributed by atoms with Crippen molar-refractivity contribution < 1.29 is 14.3 Å². The zero-order chi connectivity index (χ0) is 13.8. The Kier molecular flexibility index (Phi) is 4.61. The first-order chi connectivity index (χ1) is 9.13. The van der Waals surface area contributed by atoms with Gasteiger partial charge in [0.1, 0.15) is 0 Å². The minimum atomic E-state index is -0.340. The van der Waals surface area contributed by atoms with Crippen LogP contribution >= 0.6 is 11.6 Å². The van der Waals surface area contributed by atoms with Gasteiger partial charge in [0, 0.05) is 11.1 Å². The summed E-state index contributed by atoms with van der Waals surface area (Å²) in [6.07, 6.45) is 2.34. The van der Waals surface area contributed by atoms with E-state index < -0.39 is 0 Å². The molecule has 0 fully saturated rings. The van der Waals surface area contributed by atoms with Crippen LogP contribution in [0.25, 0.3) is 5.57 Å². The number of halogens is 1. The summed E-state index contributed by atoms with van der Waals surface area (Å²) in [5, 5.41) is 0.704. The SMILES string of the molecule is CCOC(=O)/C=C1\COCCc2ccc(Cl)c(C)c21. The first kappa shape index (κ1) is 14.1. The average molecular weight is 281 g/mol. The van der Waals surface area contributed by atoms with Crippen molar-refractivity contribution in [2.75, 3.05) is 19.8 Å². The summed E-state index contributed by atoms with van der Waals surface area (Å²) >= 11 is 6.18. The molecule has 0 saturated carbocycles. The molecule has 102 valence electrons. The normalized spacial score (nSPS) is 16.9. The lowest BCUT2D eigenvalue weighted by Gasteiger charge is -2.13. The van der Waals surface area contributed by atoms with E-state index in [2.05, 4.69) is 0 Å². The van der Waals surface area contributed by atoms with E-state index in [4.69, 9.17) is 21.1 Å². The fourth-order valence-electron chi connectivity index (χ4n) is 2.27. The Morgan fingerprint density at radius 1 is 1.53 bits per heavy atom. The molecule has 1 aliphatic rings. The van der Waals surface area contributed by atoms with Crippen LogP contribution < -0.4 is 0 Å². The molecule has 3 nitrogen and oxygen atoms in total. The predicted octanol–water partition coefficient (Wildman–Crippen LogP) is 3.17. The highest BCUT2D eigenvalue weighted by Crippen LogP contribution is 2.31. The maximum absolute atomic E-state index is 11.6. The summed E-state index contributed by atoms with van der Waals surface area (Å²) < 4.78 is 10.5. The van der Waals surface area contributed by atoms with Crippen molar-refractivity contribution in [3.8, 4) is 0 Å². The van der Waals surface area contributed by atoms with Crippen LogP contribution in [0.5, 0.6) is 0 Å². The van der Waals surface area contributed by atoms with E-state index in [1.807, 2.05) is 19.1 Å². The molecule has 0 spiro atoms. The number of carbonyl (C=O) groups excluding carboxylic acids is 1. The van der Waals surface area contributed by atoms with Gasteiger partial charge in [-0.05, 0) is 48.6 Å². The third kappa shape index (κ3) is 3.17. The van der Waals surface area contributed by atoms with Gasteiger partial charge in [-0.1, -0.05) is 17.7 Å². The van der Waals surface area contributed by atoms with Gasteiger partial charge < -0.3 is 9.47 Å². The molecule has 4 heteroatoms. The van der Waals surface area contributed by atoms with Crippen molar-refractivity contribution in [2.24, 2.45) is 0 Å². The minimum Gasteiger partial charge on any atom is -0.463 e. The topological polar surface area (TPSA) is 35.5 Å². The van der Waals surface area contributed by atoms with E-state index in [1.165, 1.54) is 6.08 Å². The number of carbonyl (C=O) groups is 1. The molecule has 0 saturated heterocycles. The molecule has 1 aromatic rings. The second-order valence-corrected chi connectivity index (χ2v) is 4.84. The van der Waals surface area contributed by atoms with Gasteiger partial charge in [-0.3, -0.25) is 0 Å². The lowest BCUT2D eigenvalue weighted by molar-refractivity contribution is -0.137. The van der Waals surface area contributed by atoms with Gasteiger partial charge >= 0.3 is 5.97 Å². The molecule has 0 aromatic heterocycles. The first-order valence-electron chi connectivity index (χ1n) is 6.37. The highest BCUT2D eigenvalue weighted by atomic mass is 35.5. The Bertz CT molecular complexity index is 520. The molecule has 0 atom stereocenters. The van der Waals surface area contributed by atoms with Crippen LogP contribution in [0.4, 0.5) is 0 Å². The molecule has 0 unspecified atom stereocenters. The lowest BCUT2D eigenvalue weighted by Crippen LogP contribution is -2.04. The van der Waals surface area contributed by atoms with E-state index in [0.717, 1.165) is 28.7 Å². The Balaban J connectivity index is 2.48. The molecule has 0 bridgehead atoms. The number of benzene rings is 1. The monoisotopic (exact) mass is 280 g/mol. The Morgan fingerprint density at radius 2 is 2.32 bits per heavy atom. The van der Waals surface area contributed by atoms with Gasteiger partial charge in [0.15, 0.2) is 0 Å². The van der Waals surface area contributed by atoms with Gasteiger partial charge in [-0.25, -0.2) is 4.79 Å². The van der Waals surface area contributed by atoms with E-state index >= 15 is 0 Å². The quantitative estimate of drug-likeness (QED) is 0.617. The Morgan fingerprint density at radius 3 is 3.05 bits per heavy atom. The third-order valence-corrected chi connectivity index (χ3v) is 3.57. The number of fused-ring (bicyclic) bond motifs is 1. The van der Waals surface area contributed by atoms with Crippen LogP contribution in [-0.4, -0.2) is 25.8 Å². The third-order valence-electron chi connectivity index (χ3n) is 3.16. The molecular weight excluding hydrogens is 264 g/mol. The Labute approximate surface area is 118 Å². The number of hydrogen-bond acceptors (Lipinski definition) is 3. The number of esters is 1. The molecule has 0 radical (unpaired) electrons. The van der Waals surface area contributed by atoms with Crippen molar-refractivity contribution >= 4 is 23.1 Å². The van der Waals surface area contributed by atoms with Gasteiger partial charge in [0.25, 0.3) is 0 Å². The maximum Gasteiger partial charge on any atom is 0.331 e. The fraction of sp³-hybridized carbons (Fsp3) is 0.400. The molecule has 2 rings (SSSR count). The second-order valence-electron chi connectivity index (χ2n) is 4.43. The van der Waals surface area contributed by atoms with Gasteiger partial charge in [-0.2, -0.15) is 0 Å². The van der Waals surface area contributed by atoms with E-state index in [0.29, 0.717) is 24.8 Å². The van der Waals surface area contributed by atoms with Crippen molar-refractivity contribution in [1.82, 2.24) is 0 Å². The molecule has 1 aliphatic heterocycles. The van der Waals surface area contributed by atoms with Crippen molar-refractivity contribution in [1.29, 1.82) is 0 Å². The van der Waals surface area contributed by atoms with Crippen LogP contribution in [0, 0.1) is 6.92 Å². The van der Waals surface area contributed by atoms with E-state index in [9.17, 15) is 4.79 Å². The smallest absolute Gasteiger partial charge is 0.331 e. The summed E-state index contributed by atoms with van der Waals surface area (Å²) in [4.78, 5) is 11.6. The maximum atomic E-state index is 11.6. The van der Waals surface area contributed by atoms with Crippen LogP contribution in [0.1, 0.15) is 23.6 Å². The standard InChI is InChI=1S/C15H17ClO3/c1-3-19-14(17)8-12-9-18-7-6-11-4-5-13(16)10(2)15(11)12/h4-5,8H,3,6-7,9H2,1-2H3/b12-8+. The average Bonchev–Trinajstić information content (AvgIpc) is 2.57. The van der Waals surface area contributed by atoms with E-state index in [-0.39, 0.29) is 5.97 Å². The number of hydrogen-bond donors (Lipinski definition) is 0. The van der Waals surface area contributed by atoms with E-state index in [1.54, 1.807) is 6.92 Å². The van der Waals surface area contributed by atoms with Crippen LogP contribution in [0.3, 0.4) is 0 Å². The second kappa shape index (κ2) is 6.22. The van der Waals surface area contributed by atoms with Crippen LogP contribution in [0.15, 0.2) is 18.2 Å². The molecule has 0 amide bonds. The van der Waals surface area contributed by atoms with Crippen LogP contribution in [0.2, 0.25) is 5.02 Å². The molecule has 19 heavy (non-hydrogen) atoms. The van der Waals surface area contributed by atoms with Gasteiger partial charge in [0.2, 0.25) is 0 Å². The highest BCUT2D eigenvalue weighted by Gasteiger charge is 2.18. The molecule has 0 aliphatic carbocycles.